The summed E-state index contributed by atoms with van der Waals surface area (Å²) in [4.78, 5) is 14.8. The highest BCUT2D eigenvalue weighted by Crippen LogP contribution is 2.39. The van der Waals surface area contributed by atoms with E-state index in [0.29, 0.717) is 5.92 Å². The third-order valence-electron chi connectivity index (χ3n) is 5.39. The molecule has 0 heterocycles. The summed E-state index contributed by atoms with van der Waals surface area (Å²) in [6, 6.07) is 0.781. The minimum atomic E-state index is -0.427. The van der Waals surface area contributed by atoms with E-state index in [1.54, 1.807) is 0 Å². The summed E-state index contributed by atoms with van der Waals surface area (Å²) in [7, 11) is 3.74. The van der Waals surface area contributed by atoms with Gasteiger partial charge in [-0.3, -0.25) is 4.79 Å². The van der Waals surface area contributed by atoms with Gasteiger partial charge in [0.15, 0.2) is 0 Å². The molecule has 20 heavy (non-hydrogen) atoms. The predicted molar refractivity (Wildman–Crippen MR) is 80.7 cm³/mol. The summed E-state index contributed by atoms with van der Waals surface area (Å²) in [6.07, 6.45) is 8.34. The number of carbonyl (C=O) groups excluding carboxylic acids is 1. The fourth-order valence-corrected chi connectivity index (χ4v) is 3.91. The number of carbonyl (C=O) groups is 1. The number of ether oxygens (including phenoxy) is 1. The third-order valence-corrected chi connectivity index (χ3v) is 5.39. The molecule has 2 unspecified atom stereocenters. The van der Waals surface area contributed by atoms with E-state index >= 15 is 0 Å². The van der Waals surface area contributed by atoms with Crippen LogP contribution >= 0.6 is 0 Å². The Balaban J connectivity index is 1.94. The van der Waals surface area contributed by atoms with Crippen molar-refractivity contribution in [2.45, 2.75) is 63.5 Å². The number of esters is 1. The van der Waals surface area contributed by atoms with Crippen LogP contribution in [-0.4, -0.2) is 49.7 Å². The van der Waals surface area contributed by atoms with Crippen molar-refractivity contribution in [3.05, 3.63) is 0 Å². The first-order valence-electron chi connectivity index (χ1n) is 8.17. The standard InChI is InChI=1S/C16H30N2O2/c1-4-17-16(15(19)20-3)11-6-7-13(16)10-12-18(2)14-8-5-9-14/h13-14,17H,4-12H2,1-3H3. The van der Waals surface area contributed by atoms with Gasteiger partial charge in [-0.15, -0.1) is 0 Å². The van der Waals surface area contributed by atoms with Crippen LogP contribution in [-0.2, 0) is 9.53 Å². The molecule has 2 aliphatic rings. The van der Waals surface area contributed by atoms with E-state index in [0.717, 1.165) is 44.8 Å². The van der Waals surface area contributed by atoms with Crippen LogP contribution in [0.5, 0.6) is 0 Å². The van der Waals surface area contributed by atoms with Gasteiger partial charge in [-0.25, -0.2) is 0 Å². The first-order valence-corrected chi connectivity index (χ1v) is 8.17. The zero-order valence-corrected chi connectivity index (χ0v) is 13.3. The fourth-order valence-electron chi connectivity index (χ4n) is 3.91. The van der Waals surface area contributed by atoms with Crippen LogP contribution in [0.15, 0.2) is 0 Å². The van der Waals surface area contributed by atoms with Crippen molar-refractivity contribution in [2.24, 2.45) is 5.92 Å². The molecule has 2 atom stereocenters. The Morgan fingerprint density at radius 3 is 2.65 bits per heavy atom. The molecule has 0 saturated heterocycles. The van der Waals surface area contributed by atoms with Gasteiger partial charge in [0.05, 0.1) is 7.11 Å². The second kappa shape index (κ2) is 6.90. The van der Waals surface area contributed by atoms with E-state index in [1.165, 1.54) is 26.4 Å². The Morgan fingerprint density at radius 2 is 2.10 bits per heavy atom. The molecule has 2 aliphatic carbocycles. The lowest BCUT2D eigenvalue weighted by atomic mass is 9.83. The number of hydrogen-bond donors (Lipinski definition) is 1. The summed E-state index contributed by atoms with van der Waals surface area (Å²) < 4.78 is 5.09. The van der Waals surface area contributed by atoms with E-state index in [9.17, 15) is 4.79 Å². The number of nitrogens with zero attached hydrogens (tertiary/aromatic N) is 1. The molecule has 2 fully saturated rings. The maximum absolute atomic E-state index is 12.3. The zero-order chi connectivity index (χ0) is 14.6. The summed E-state index contributed by atoms with van der Waals surface area (Å²) in [5.41, 5.74) is -0.427. The van der Waals surface area contributed by atoms with Crippen LogP contribution in [0.1, 0.15) is 51.9 Å². The SMILES string of the molecule is CCNC1(C(=O)OC)CCCC1CCN(C)C1CCC1. The molecule has 2 saturated carbocycles. The van der Waals surface area contributed by atoms with Gasteiger partial charge in [-0.2, -0.15) is 0 Å². The highest BCUT2D eigenvalue weighted by Gasteiger charge is 2.49. The largest absolute Gasteiger partial charge is 0.468 e. The zero-order valence-electron chi connectivity index (χ0n) is 13.3. The van der Waals surface area contributed by atoms with Crippen molar-refractivity contribution in [2.75, 3.05) is 27.2 Å². The van der Waals surface area contributed by atoms with Gasteiger partial charge in [-0.1, -0.05) is 19.8 Å². The van der Waals surface area contributed by atoms with E-state index in [4.69, 9.17) is 4.74 Å². The third kappa shape index (κ3) is 3.01. The molecule has 0 aromatic heterocycles. The molecule has 0 amide bonds. The summed E-state index contributed by atoms with van der Waals surface area (Å²) in [5, 5.41) is 3.45. The summed E-state index contributed by atoms with van der Waals surface area (Å²) >= 11 is 0. The monoisotopic (exact) mass is 282 g/mol. The molecular formula is C16H30N2O2. The van der Waals surface area contributed by atoms with Gasteiger partial charge < -0.3 is 15.0 Å². The molecule has 0 aliphatic heterocycles. The molecule has 1 N–H and O–H groups in total. The van der Waals surface area contributed by atoms with Crippen molar-refractivity contribution >= 4 is 5.97 Å². The molecule has 4 nitrogen and oxygen atoms in total. The second-order valence-corrected chi connectivity index (χ2v) is 6.44. The van der Waals surface area contributed by atoms with E-state index in [-0.39, 0.29) is 5.97 Å². The van der Waals surface area contributed by atoms with Crippen LogP contribution in [0, 0.1) is 5.92 Å². The number of nitrogens with one attached hydrogen (secondary N) is 1. The smallest absolute Gasteiger partial charge is 0.326 e. The van der Waals surface area contributed by atoms with Crippen LogP contribution < -0.4 is 5.32 Å². The molecule has 0 bridgehead atoms. The Kier molecular flexibility index (Phi) is 5.44. The van der Waals surface area contributed by atoms with E-state index < -0.39 is 5.54 Å². The maximum atomic E-state index is 12.3. The number of hydrogen-bond acceptors (Lipinski definition) is 4. The molecule has 116 valence electrons. The molecular weight excluding hydrogens is 252 g/mol. The first-order chi connectivity index (χ1) is 9.64. The average Bonchev–Trinajstić information content (AvgIpc) is 2.78. The summed E-state index contributed by atoms with van der Waals surface area (Å²) in [5.74, 6) is 0.352. The molecule has 0 spiro atoms. The second-order valence-electron chi connectivity index (χ2n) is 6.44. The molecule has 4 heteroatoms. The Bertz CT molecular complexity index is 330. The van der Waals surface area contributed by atoms with Crippen LogP contribution in [0.25, 0.3) is 0 Å². The van der Waals surface area contributed by atoms with Crippen molar-refractivity contribution in [1.82, 2.24) is 10.2 Å². The number of rotatable bonds is 7. The fraction of sp³-hybridized carbons (Fsp3) is 0.938. The van der Waals surface area contributed by atoms with Crippen LogP contribution in [0.2, 0.25) is 0 Å². The van der Waals surface area contributed by atoms with Gasteiger partial charge in [0, 0.05) is 6.04 Å². The molecule has 0 aromatic rings. The van der Waals surface area contributed by atoms with Crippen LogP contribution in [0.4, 0.5) is 0 Å². The van der Waals surface area contributed by atoms with Gasteiger partial charge in [0.2, 0.25) is 0 Å². The average molecular weight is 282 g/mol. The van der Waals surface area contributed by atoms with Crippen LogP contribution in [0.3, 0.4) is 0 Å². The predicted octanol–water partition coefficient (Wildman–Crippen LogP) is 2.18. The lowest BCUT2D eigenvalue weighted by molar-refractivity contribution is -0.150. The Morgan fingerprint density at radius 1 is 1.35 bits per heavy atom. The molecule has 2 rings (SSSR count). The number of likely N-dealkylation sites (N-methyl/N-ethyl adjacent to an activating group) is 1. The first kappa shape index (κ1) is 15.8. The topological polar surface area (TPSA) is 41.6 Å². The maximum Gasteiger partial charge on any atom is 0.326 e. The number of methoxy groups -OCH3 is 1. The minimum Gasteiger partial charge on any atom is -0.468 e. The Hall–Kier alpha value is -0.610. The van der Waals surface area contributed by atoms with Gasteiger partial charge in [0.1, 0.15) is 5.54 Å². The Labute approximate surface area is 123 Å². The van der Waals surface area contributed by atoms with Crippen molar-refractivity contribution in [3.8, 4) is 0 Å². The normalized spacial score (nSPS) is 30.5. The summed E-state index contributed by atoms with van der Waals surface area (Å²) in [6.45, 7) is 3.99. The quantitative estimate of drug-likeness (QED) is 0.727. The lowest BCUT2D eigenvalue weighted by Crippen LogP contribution is -2.56. The van der Waals surface area contributed by atoms with Crippen molar-refractivity contribution < 1.29 is 9.53 Å². The lowest BCUT2D eigenvalue weighted by Gasteiger charge is -2.38. The van der Waals surface area contributed by atoms with E-state index in [1.807, 2.05) is 0 Å². The van der Waals surface area contributed by atoms with Gasteiger partial charge >= 0.3 is 5.97 Å². The molecule has 0 aromatic carbocycles. The van der Waals surface area contributed by atoms with Gasteiger partial charge in [0.25, 0.3) is 0 Å². The van der Waals surface area contributed by atoms with Gasteiger partial charge in [-0.05, 0) is 58.2 Å². The minimum absolute atomic E-state index is 0.0619. The molecule has 0 radical (unpaired) electrons. The highest BCUT2D eigenvalue weighted by molar-refractivity contribution is 5.81. The van der Waals surface area contributed by atoms with Crippen molar-refractivity contribution in [1.29, 1.82) is 0 Å². The highest BCUT2D eigenvalue weighted by atomic mass is 16.5. The van der Waals surface area contributed by atoms with Crippen molar-refractivity contribution in [3.63, 3.8) is 0 Å². The van der Waals surface area contributed by atoms with E-state index in [2.05, 4.69) is 24.2 Å².